The number of anilines is 2. The van der Waals surface area contributed by atoms with Gasteiger partial charge in [-0.3, -0.25) is 10.1 Å². The van der Waals surface area contributed by atoms with E-state index in [2.05, 4.69) is 33.0 Å². The fraction of sp³-hybridized carbons (Fsp3) is 0.263. The lowest BCUT2D eigenvalue weighted by Crippen LogP contribution is -2.41. The van der Waals surface area contributed by atoms with E-state index in [-0.39, 0.29) is 12.5 Å². The Morgan fingerprint density at radius 1 is 1.00 bits per heavy atom. The van der Waals surface area contributed by atoms with Crippen molar-refractivity contribution in [3.63, 3.8) is 0 Å². The second-order valence-electron chi connectivity index (χ2n) is 5.62. The summed E-state index contributed by atoms with van der Waals surface area (Å²) < 4.78 is 0. The minimum Gasteiger partial charge on any atom is -0.374 e. The van der Waals surface area contributed by atoms with Gasteiger partial charge < -0.3 is 15.5 Å². The van der Waals surface area contributed by atoms with Gasteiger partial charge in [-0.15, -0.1) is 0 Å². The first-order valence-electron chi connectivity index (χ1n) is 8.25. The number of amides is 3. The highest BCUT2D eigenvalue weighted by Crippen LogP contribution is 2.25. The Kier molecular flexibility index (Phi) is 6.83. The summed E-state index contributed by atoms with van der Waals surface area (Å²) in [5.41, 5.74) is 3.03. The van der Waals surface area contributed by atoms with Crippen LogP contribution in [0.4, 0.5) is 16.2 Å². The zero-order chi connectivity index (χ0) is 18.1. The number of carbonyl (C=O) groups is 2. The second-order valence-corrected chi connectivity index (χ2v) is 5.62. The first-order chi connectivity index (χ1) is 12.1. The maximum absolute atomic E-state index is 11.8. The summed E-state index contributed by atoms with van der Waals surface area (Å²) in [4.78, 5) is 25.3. The number of urea groups is 1. The lowest BCUT2D eigenvalue weighted by molar-refractivity contribution is -0.118. The standard InChI is InChI=1S/C19H24N4O2/c1-3-20-19(25)22-18(24)13-21-16-11-7-8-12-17(16)23(2)14-15-9-5-4-6-10-15/h4-12,21H,3,13-14H2,1-2H3,(H2,20,22,24,25). The van der Waals surface area contributed by atoms with Gasteiger partial charge >= 0.3 is 6.03 Å². The third-order valence-electron chi connectivity index (χ3n) is 3.61. The molecule has 0 unspecified atom stereocenters. The minimum absolute atomic E-state index is 0.0212. The Morgan fingerprint density at radius 2 is 1.68 bits per heavy atom. The van der Waals surface area contributed by atoms with Crippen LogP contribution in [-0.2, 0) is 11.3 Å². The molecule has 0 aliphatic carbocycles. The molecule has 2 aromatic rings. The van der Waals surface area contributed by atoms with E-state index in [1.54, 1.807) is 6.92 Å². The quantitative estimate of drug-likeness (QED) is 0.724. The van der Waals surface area contributed by atoms with Crippen molar-refractivity contribution < 1.29 is 9.59 Å². The van der Waals surface area contributed by atoms with Gasteiger partial charge in [0.05, 0.1) is 17.9 Å². The Morgan fingerprint density at radius 3 is 2.40 bits per heavy atom. The number of para-hydroxylation sites is 2. The van der Waals surface area contributed by atoms with Crippen molar-refractivity contribution in [2.75, 3.05) is 30.4 Å². The van der Waals surface area contributed by atoms with Crippen LogP contribution in [0.15, 0.2) is 54.6 Å². The molecule has 0 saturated heterocycles. The minimum atomic E-state index is -0.483. The number of carbonyl (C=O) groups excluding carboxylic acids is 2. The Balaban J connectivity index is 1.98. The zero-order valence-corrected chi connectivity index (χ0v) is 14.6. The number of imide groups is 1. The van der Waals surface area contributed by atoms with Crippen molar-refractivity contribution in [3.05, 3.63) is 60.2 Å². The molecule has 25 heavy (non-hydrogen) atoms. The average Bonchev–Trinajstić information content (AvgIpc) is 2.61. The summed E-state index contributed by atoms with van der Waals surface area (Å²) in [5, 5.41) is 7.89. The maximum Gasteiger partial charge on any atom is 0.321 e. The Labute approximate surface area is 148 Å². The van der Waals surface area contributed by atoms with E-state index in [4.69, 9.17) is 0 Å². The topological polar surface area (TPSA) is 73.5 Å². The van der Waals surface area contributed by atoms with Crippen LogP contribution in [-0.4, -0.2) is 32.1 Å². The number of nitrogens with zero attached hydrogens (tertiary/aromatic N) is 1. The summed E-state index contributed by atoms with van der Waals surface area (Å²) in [5.74, 6) is -0.383. The molecule has 0 aromatic heterocycles. The molecule has 0 bridgehead atoms. The van der Waals surface area contributed by atoms with Gasteiger partial charge in [-0.05, 0) is 24.6 Å². The molecule has 0 heterocycles. The number of hydrogen-bond donors (Lipinski definition) is 3. The third kappa shape index (κ3) is 5.84. The first-order valence-corrected chi connectivity index (χ1v) is 8.25. The van der Waals surface area contributed by atoms with E-state index in [0.717, 1.165) is 17.9 Å². The summed E-state index contributed by atoms with van der Waals surface area (Å²) in [6.07, 6.45) is 0. The van der Waals surface area contributed by atoms with E-state index < -0.39 is 6.03 Å². The Bertz CT molecular complexity index is 704. The smallest absolute Gasteiger partial charge is 0.321 e. The maximum atomic E-state index is 11.8. The molecule has 132 valence electrons. The predicted molar refractivity (Wildman–Crippen MR) is 101 cm³/mol. The summed E-state index contributed by atoms with van der Waals surface area (Å²) in [6, 6.07) is 17.5. The van der Waals surface area contributed by atoms with Crippen molar-refractivity contribution in [3.8, 4) is 0 Å². The van der Waals surface area contributed by atoms with Gasteiger partial charge in [0, 0.05) is 20.1 Å². The monoisotopic (exact) mass is 340 g/mol. The lowest BCUT2D eigenvalue weighted by atomic mass is 10.2. The molecule has 0 saturated carbocycles. The van der Waals surface area contributed by atoms with Crippen LogP contribution >= 0.6 is 0 Å². The van der Waals surface area contributed by atoms with E-state index in [1.165, 1.54) is 5.56 Å². The molecule has 6 nitrogen and oxygen atoms in total. The molecule has 0 aliphatic rings. The highest BCUT2D eigenvalue weighted by Gasteiger charge is 2.10. The molecule has 0 fully saturated rings. The fourth-order valence-corrected chi connectivity index (χ4v) is 2.45. The second kappa shape index (κ2) is 9.32. The number of rotatable bonds is 7. The molecular formula is C19H24N4O2. The summed E-state index contributed by atoms with van der Waals surface area (Å²) >= 11 is 0. The zero-order valence-electron chi connectivity index (χ0n) is 14.6. The first kappa shape index (κ1) is 18.3. The molecular weight excluding hydrogens is 316 g/mol. The van der Waals surface area contributed by atoms with Crippen molar-refractivity contribution >= 4 is 23.3 Å². The van der Waals surface area contributed by atoms with Gasteiger partial charge in [-0.2, -0.15) is 0 Å². The van der Waals surface area contributed by atoms with Crippen LogP contribution in [0.2, 0.25) is 0 Å². The van der Waals surface area contributed by atoms with Crippen LogP contribution < -0.4 is 20.9 Å². The van der Waals surface area contributed by atoms with Crippen molar-refractivity contribution in [1.82, 2.24) is 10.6 Å². The normalized spacial score (nSPS) is 10.0. The molecule has 2 aromatic carbocycles. The van der Waals surface area contributed by atoms with Crippen LogP contribution in [0.25, 0.3) is 0 Å². The van der Waals surface area contributed by atoms with Crippen LogP contribution in [0, 0.1) is 0 Å². The van der Waals surface area contributed by atoms with Gasteiger partial charge in [0.25, 0.3) is 0 Å². The van der Waals surface area contributed by atoms with E-state index >= 15 is 0 Å². The van der Waals surface area contributed by atoms with Crippen molar-refractivity contribution in [2.45, 2.75) is 13.5 Å². The average molecular weight is 340 g/mol. The van der Waals surface area contributed by atoms with Gasteiger partial charge in [0.1, 0.15) is 0 Å². The number of benzene rings is 2. The third-order valence-corrected chi connectivity index (χ3v) is 3.61. The number of nitrogens with one attached hydrogen (secondary N) is 3. The van der Waals surface area contributed by atoms with Crippen LogP contribution in [0.5, 0.6) is 0 Å². The molecule has 2 rings (SSSR count). The SMILES string of the molecule is CCNC(=O)NC(=O)CNc1ccccc1N(C)Cc1ccccc1. The summed E-state index contributed by atoms with van der Waals surface area (Å²) in [6.45, 7) is 3.04. The van der Waals surface area contributed by atoms with Crippen molar-refractivity contribution in [1.29, 1.82) is 0 Å². The van der Waals surface area contributed by atoms with Gasteiger partial charge in [-0.1, -0.05) is 42.5 Å². The largest absolute Gasteiger partial charge is 0.374 e. The van der Waals surface area contributed by atoms with Gasteiger partial charge in [0.2, 0.25) is 5.91 Å². The summed E-state index contributed by atoms with van der Waals surface area (Å²) in [7, 11) is 2.00. The lowest BCUT2D eigenvalue weighted by Gasteiger charge is -2.23. The molecule has 3 amide bonds. The fourth-order valence-electron chi connectivity index (χ4n) is 2.45. The highest BCUT2D eigenvalue weighted by molar-refractivity contribution is 5.96. The van der Waals surface area contributed by atoms with Gasteiger partial charge in [-0.25, -0.2) is 4.79 Å². The molecule has 6 heteroatoms. The van der Waals surface area contributed by atoms with E-state index in [0.29, 0.717) is 6.54 Å². The molecule has 0 radical (unpaired) electrons. The predicted octanol–water partition coefficient (Wildman–Crippen LogP) is 2.58. The van der Waals surface area contributed by atoms with Crippen molar-refractivity contribution in [2.24, 2.45) is 0 Å². The highest BCUT2D eigenvalue weighted by atomic mass is 16.2. The Hall–Kier alpha value is -3.02. The van der Waals surface area contributed by atoms with E-state index in [1.807, 2.05) is 49.5 Å². The number of hydrogen-bond acceptors (Lipinski definition) is 4. The van der Waals surface area contributed by atoms with Crippen LogP contribution in [0.3, 0.4) is 0 Å². The molecule has 0 aliphatic heterocycles. The molecule has 3 N–H and O–H groups in total. The molecule has 0 atom stereocenters. The van der Waals surface area contributed by atoms with Gasteiger partial charge in [0.15, 0.2) is 0 Å². The van der Waals surface area contributed by atoms with Crippen LogP contribution in [0.1, 0.15) is 12.5 Å². The molecule has 0 spiro atoms. The van der Waals surface area contributed by atoms with E-state index in [9.17, 15) is 9.59 Å².